The van der Waals surface area contributed by atoms with Gasteiger partial charge in [-0.05, 0) is 29.9 Å². The van der Waals surface area contributed by atoms with Crippen LogP contribution in [-0.4, -0.2) is 6.61 Å². The summed E-state index contributed by atoms with van der Waals surface area (Å²) in [6, 6.07) is 4.46. The molecule has 0 radical (unpaired) electrons. The van der Waals surface area contributed by atoms with Gasteiger partial charge in [0.1, 0.15) is 5.75 Å². The second-order valence-electron chi connectivity index (χ2n) is 5.69. The molecule has 0 aromatic heterocycles. The standard InChI is InChI=1S/C14H20O/c1-10-5-6-11(9-14(2,3)4)12-7-8-15-13(10)12/h5-6H,7-9H2,1-4H3. The van der Waals surface area contributed by atoms with E-state index in [1.807, 2.05) is 0 Å². The first-order chi connectivity index (χ1) is 6.97. The first-order valence-corrected chi connectivity index (χ1v) is 5.71. The molecule has 1 heterocycles. The van der Waals surface area contributed by atoms with Gasteiger partial charge in [0.05, 0.1) is 6.61 Å². The molecule has 0 saturated carbocycles. The van der Waals surface area contributed by atoms with Gasteiger partial charge in [0.2, 0.25) is 0 Å². The minimum atomic E-state index is 0.353. The molecule has 2 rings (SSSR count). The number of aryl methyl sites for hydroxylation is 1. The fourth-order valence-electron chi connectivity index (χ4n) is 2.25. The smallest absolute Gasteiger partial charge is 0.125 e. The summed E-state index contributed by atoms with van der Waals surface area (Å²) in [5.74, 6) is 1.15. The van der Waals surface area contributed by atoms with Crippen molar-refractivity contribution in [3.8, 4) is 5.75 Å². The van der Waals surface area contributed by atoms with E-state index in [4.69, 9.17) is 4.74 Å². The highest BCUT2D eigenvalue weighted by Crippen LogP contribution is 2.34. The molecule has 1 aliphatic rings. The Labute approximate surface area is 92.5 Å². The molecule has 1 aromatic rings. The Morgan fingerprint density at radius 3 is 2.67 bits per heavy atom. The molecule has 1 heteroatoms. The second kappa shape index (κ2) is 3.55. The van der Waals surface area contributed by atoms with Gasteiger partial charge in [0.25, 0.3) is 0 Å². The van der Waals surface area contributed by atoms with E-state index in [2.05, 4.69) is 39.8 Å². The summed E-state index contributed by atoms with van der Waals surface area (Å²) in [6.45, 7) is 9.85. The topological polar surface area (TPSA) is 9.23 Å². The van der Waals surface area contributed by atoms with Gasteiger partial charge >= 0.3 is 0 Å². The van der Waals surface area contributed by atoms with Crippen molar-refractivity contribution in [1.82, 2.24) is 0 Å². The van der Waals surface area contributed by atoms with Gasteiger partial charge in [-0.15, -0.1) is 0 Å². The summed E-state index contributed by atoms with van der Waals surface area (Å²) < 4.78 is 5.68. The van der Waals surface area contributed by atoms with Crippen molar-refractivity contribution in [2.24, 2.45) is 5.41 Å². The van der Waals surface area contributed by atoms with Gasteiger partial charge in [0, 0.05) is 12.0 Å². The van der Waals surface area contributed by atoms with Crippen molar-refractivity contribution >= 4 is 0 Å². The molecule has 1 aromatic carbocycles. The molecule has 0 atom stereocenters. The minimum Gasteiger partial charge on any atom is -0.493 e. The Morgan fingerprint density at radius 1 is 1.27 bits per heavy atom. The molecular formula is C14H20O. The van der Waals surface area contributed by atoms with E-state index in [-0.39, 0.29) is 0 Å². The molecule has 0 unspecified atom stereocenters. The lowest BCUT2D eigenvalue weighted by Crippen LogP contribution is -2.10. The average Bonchev–Trinajstić information content (AvgIpc) is 2.57. The van der Waals surface area contributed by atoms with Crippen LogP contribution in [0.2, 0.25) is 0 Å². The fourth-order valence-corrected chi connectivity index (χ4v) is 2.25. The van der Waals surface area contributed by atoms with E-state index < -0.39 is 0 Å². The molecule has 0 spiro atoms. The monoisotopic (exact) mass is 204 g/mol. The zero-order chi connectivity index (χ0) is 11.1. The zero-order valence-corrected chi connectivity index (χ0v) is 10.2. The maximum atomic E-state index is 5.68. The van der Waals surface area contributed by atoms with Gasteiger partial charge in [-0.25, -0.2) is 0 Å². The zero-order valence-electron chi connectivity index (χ0n) is 10.2. The molecule has 0 bridgehead atoms. The van der Waals surface area contributed by atoms with E-state index in [0.717, 1.165) is 25.2 Å². The lowest BCUT2D eigenvalue weighted by atomic mass is 9.85. The van der Waals surface area contributed by atoms with E-state index in [1.54, 1.807) is 0 Å². The van der Waals surface area contributed by atoms with Crippen LogP contribution >= 0.6 is 0 Å². The summed E-state index contributed by atoms with van der Waals surface area (Å²) in [6.07, 6.45) is 2.22. The van der Waals surface area contributed by atoms with Crippen molar-refractivity contribution in [1.29, 1.82) is 0 Å². The number of rotatable bonds is 1. The number of fused-ring (bicyclic) bond motifs is 1. The third-order valence-corrected chi connectivity index (χ3v) is 2.87. The predicted octanol–water partition coefficient (Wildman–Crippen LogP) is 3.52. The summed E-state index contributed by atoms with van der Waals surface area (Å²) >= 11 is 0. The molecular weight excluding hydrogens is 184 g/mol. The highest BCUT2D eigenvalue weighted by molar-refractivity contribution is 5.48. The van der Waals surface area contributed by atoms with Gasteiger partial charge in [-0.2, -0.15) is 0 Å². The molecule has 0 saturated heterocycles. The number of ether oxygens (including phenoxy) is 1. The quantitative estimate of drug-likeness (QED) is 0.680. The molecule has 0 aliphatic carbocycles. The Hall–Kier alpha value is -0.980. The highest BCUT2D eigenvalue weighted by atomic mass is 16.5. The fraction of sp³-hybridized carbons (Fsp3) is 0.571. The molecule has 1 nitrogen and oxygen atoms in total. The highest BCUT2D eigenvalue weighted by Gasteiger charge is 2.21. The van der Waals surface area contributed by atoms with Crippen LogP contribution in [0.1, 0.15) is 37.5 Å². The first kappa shape index (κ1) is 10.5. The third kappa shape index (κ3) is 2.17. The van der Waals surface area contributed by atoms with Crippen LogP contribution in [0.15, 0.2) is 12.1 Å². The lowest BCUT2D eigenvalue weighted by Gasteiger charge is -2.20. The largest absolute Gasteiger partial charge is 0.493 e. The number of hydrogen-bond donors (Lipinski definition) is 0. The first-order valence-electron chi connectivity index (χ1n) is 5.71. The summed E-state index contributed by atoms with van der Waals surface area (Å²) in [7, 11) is 0. The Kier molecular flexibility index (Phi) is 2.49. The van der Waals surface area contributed by atoms with Crippen LogP contribution in [0.25, 0.3) is 0 Å². The second-order valence-corrected chi connectivity index (χ2v) is 5.69. The Morgan fingerprint density at radius 2 is 2.00 bits per heavy atom. The molecule has 0 N–H and O–H groups in total. The van der Waals surface area contributed by atoms with Crippen LogP contribution in [0, 0.1) is 12.3 Å². The van der Waals surface area contributed by atoms with Crippen LogP contribution in [0.5, 0.6) is 5.75 Å². The van der Waals surface area contributed by atoms with Crippen molar-refractivity contribution in [3.63, 3.8) is 0 Å². The summed E-state index contributed by atoms with van der Waals surface area (Å²) in [5.41, 5.74) is 4.55. The predicted molar refractivity (Wildman–Crippen MR) is 63.5 cm³/mol. The SMILES string of the molecule is Cc1ccc(CC(C)(C)C)c2c1OCC2. The number of benzene rings is 1. The molecule has 15 heavy (non-hydrogen) atoms. The lowest BCUT2D eigenvalue weighted by molar-refractivity contribution is 0.354. The molecule has 82 valence electrons. The van der Waals surface area contributed by atoms with Crippen LogP contribution < -0.4 is 4.74 Å². The van der Waals surface area contributed by atoms with Gasteiger partial charge in [-0.1, -0.05) is 32.9 Å². The van der Waals surface area contributed by atoms with Crippen LogP contribution in [0.3, 0.4) is 0 Å². The van der Waals surface area contributed by atoms with E-state index >= 15 is 0 Å². The van der Waals surface area contributed by atoms with Crippen LogP contribution in [-0.2, 0) is 12.8 Å². The van der Waals surface area contributed by atoms with E-state index in [9.17, 15) is 0 Å². The Balaban J connectivity index is 2.38. The normalized spacial score (nSPS) is 14.9. The van der Waals surface area contributed by atoms with Crippen molar-refractivity contribution < 1.29 is 4.74 Å². The van der Waals surface area contributed by atoms with Crippen molar-refractivity contribution in [2.45, 2.75) is 40.5 Å². The summed E-state index contributed by atoms with van der Waals surface area (Å²) in [4.78, 5) is 0. The van der Waals surface area contributed by atoms with Gasteiger partial charge in [0.15, 0.2) is 0 Å². The molecule has 1 aliphatic heterocycles. The molecule has 0 amide bonds. The minimum absolute atomic E-state index is 0.353. The molecule has 0 fully saturated rings. The maximum absolute atomic E-state index is 5.68. The van der Waals surface area contributed by atoms with Gasteiger partial charge < -0.3 is 4.74 Å². The van der Waals surface area contributed by atoms with Crippen molar-refractivity contribution in [2.75, 3.05) is 6.61 Å². The van der Waals surface area contributed by atoms with Crippen LogP contribution in [0.4, 0.5) is 0 Å². The van der Waals surface area contributed by atoms with E-state index in [1.165, 1.54) is 16.7 Å². The summed E-state index contributed by atoms with van der Waals surface area (Å²) in [5, 5.41) is 0. The number of hydrogen-bond acceptors (Lipinski definition) is 1. The van der Waals surface area contributed by atoms with Gasteiger partial charge in [-0.3, -0.25) is 0 Å². The average molecular weight is 204 g/mol. The van der Waals surface area contributed by atoms with E-state index in [0.29, 0.717) is 5.41 Å². The van der Waals surface area contributed by atoms with Crippen molar-refractivity contribution in [3.05, 3.63) is 28.8 Å². The Bertz CT molecular complexity index is 372. The third-order valence-electron chi connectivity index (χ3n) is 2.87. The maximum Gasteiger partial charge on any atom is 0.125 e.